The van der Waals surface area contributed by atoms with Crippen LogP contribution in [0.15, 0.2) is 30.3 Å². The van der Waals surface area contributed by atoms with Crippen molar-refractivity contribution in [2.24, 2.45) is 0 Å². The zero-order valence-electron chi connectivity index (χ0n) is 14.4. The molecule has 1 heterocycles. The highest BCUT2D eigenvalue weighted by atomic mass is 19.4. The number of hydrogen-bond acceptors (Lipinski definition) is 3. The van der Waals surface area contributed by atoms with E-state index in [1.807, 2.05) is 0 Å². The van der Waals surface area contributed by atoms with Crippen molar-refractivity contribution in [3.63, 3.8) is 0 Å². The average molecular weight is 371 g/mol. The summed E-state index contributed by atoms with van der Waals surface area (Å²) in [6, 6.07) is 6.05. The van der Waals surface area contributed by atoms with E-state index in [0.717, 1.165) is 0 Å². The number of amides is 4. The first kappa shape index (κ1) is 19.7. The van der Waals surface area contributed by atoms with Crippen molar-refractivity contribution in [2.45, 2.75) is 51.0 Å². The molecule has 1 aromatic carbocycles. The molecule has 2 N–H and O–H groups in total. The lowest BCUT2D eigenvalue weighted by Gasteiger charge is -2.30. The van der Waals surface area contributed by atoms with E-state index in [2.05, 4.69) is 0 Å². The van der Waals surface area contributed by atoms with Crippen LogP contribution in [0.1, 0.15) is 44.7 Å². The number of halogens is 3. The van der Waals surface area contributed by atoms with E-state index < -0.39 is 35.7 Å². The van der Waals surface area contributed by atoms with Crippen LogP contribution in [-0.4, -0.2) is 34.6 Å². The molecule has 4 amide bonds. The quantitative estimate of drug-likeness (QED) is 0.755. The molecule has 0 spiro atoms. The largest absolute Gasteiger partial charge is 0.440 e. The van der Waals surface area contributed by atoms with E-state index in [1.54, 1.807) is 47.9 Å². The summed E-state index contributed by atoms with van der Waals surface area (Å²) in [5, 5.41) is 3.34. The highest BCUT2D eigenvalue weighted by Gasteiger charge is 2.69. The van der Waals surface area contributed by atoms with Gasteiger partial charge in [0.2, 0.25) is 5.91 Å². The Morgan fingerprint density at radius 3 is 2.42 bits per heavy atom. The van der Waals surface area contributed by atoms with Gasteiger partial charge in [-0.25, -0.2) is 4.79 Å². The standard InChI is InChI=1S/C17H20F3N3O3/c1-3-4-10-13(24)21-16(17(18,19)20)14(25)23(15(26)22-16)11(2)12-8-6-5-7-9-12/h5-9,11H,3-4,10H2,1-2H3,(H,21,24)(H,22,26)/t11-,16+/m0/s1. The Morgan fingerprint density at radius 2 is 1.88 bits per heavy atom. The Morgan fingerprint density at radius 1 is 1.27 bits per heavy atom. The minimum atomic E-state index is -5.19. The SMILES string of the molecule is CCCCC(=O)N[C@@]1(C(F)(F)F)NC(=O)N([C@@H](C)c2ccccc2)C1=O. The van der Waals surface area contributed by atoms with Gasteiger partial charge in [-0.05, 0) is 18.9 Å². The predicted octanol–water partition coefficient (Wildman–Crippen LogP) is 2.86. The minimum absolute atomic E-state index is 0.175. The Kier molecular flexibility index (Phi) is 5.58. The normalized spacial score (nSPS) is 21.5. The van der Waals surface area contributed by atoms with Crippen LogP contribution in [0.4, 0.5) is 18.0 Å². The second-order valence-electron chi connectivity index (χ2n) is 6.09. The monoisotopic (exact) mass is 371 g/mol. The van der Waals surface area contributed by atoms with Crippen LogP contribution < -0.4 is 10.6 Å². The molecular weight excluding hydrogens is 351 g/mol. The Hall–Kier alpha value is -2.58. The van der Waals surface area contributed by atoms with E-state index in [-0.39, 0.29) is 6.42 Å². The Labute approximate surface area is 148 Å². The molecule has 1 aliphatic rings. The van der Waals surface area contributed by atoms with Crippen LogP contribution in [0.2, 0.25) is 0 Å². The van der Waals surface area contributed by atoms with Crippen molar-refractivity contribution in [1.29, 1.82) is 0 Å². The number of urea groups is 1. The van der Waals surface area contributed by atoms with Crippen LogP contribution in [0.3, 0.4) is 0 Å². The molecule has 1 aliphatic heterocycles. The molecule has 6 nitrogen and oxygen atoms in total. The van der Waals surface area contributed by atoms with Crippen LogP contribution in [0, 0.1) is 0 Å². The van der Waals surface area contributed by atoms with Crippen molar-refractivity contribution in [3.05, 3.63) is 35.9 Å². The number of rotatable bonds is 6. The predicted molar refractivity (Wildman–Crippen MR) is 86.7 cm³/mol. The van der Waals surface area contributed by atoms with Gasteiger partial charge in [-0.2, -0.15) is 13.2 Å². The number of benzene rings is 1. The minimum Gasteiger partial charge on any atom is -0.318 e. The smallest absolute Gasteiger partial charge is 0.318 e. The summed E-state index contributed by atoms with van der Waals surface area (Å²) >= 11 is 0. The van der Waals surface area contributed by atoms with Gasteiger partial charge in [-0.15, -0.1) is 0 Å². The van der Waals surface area contributed by atoms with E-state index in [0.29, 0.717) is 23.3 Å². The highest BCUT2D eigenvalue weighted by molar-refractivity contribution is 6.09. The first-order valence-corrected chi connectivity index (χ1v) is 8.22. The fourth-order valence-electron chi connectivity index (χ4n) is 2.74. The molecule has 0 unspecified atom stereocenters. The molecule has 26 heavy (non-hydrogen) atoms. The summed E-state index contributed by atoms with van der Waals surface area (Å²) in [7, 11) is 0. The molecule has 0 bridgehead atoms. The molecular formula is C17H20F3N3O3. The van der Waals surface area contributed by atoms with Gasteiger partial charge < -0.3 is 5.32 Å². The maximum Gasteiger partial charge on any atom is 0.440 e. The first-order chi connectivity index (χ1) is 12.1. The van der Waals surface area contributed by atoms with Gasteiger partial charge in [0.25, 0.3) is 11.6 Å². The average Bonchev–Trinajstić information content (AvgIpc) is 2.84. The van der Waals surface area contributed by atoms with Crippen LogP contribution in [-0.2, 0) is 9.59 Å². The zero-order valence-corrected chi connectivity index (χ0v) is 14.4. The third kappa shape index (κ3) is 3.51. The van der Waals surface area contributed by atoms with Gasteiger partial charge in [0.15, 0.2) is 0 Å². The van der Waals surface area contributed by atoms with Gasteiger partial charge >= 0.3 is 12.2 Å². The second kappa shape index (κ2) is 7.35. The molecule has 2 atom stereocenters. The van der Waals surface area contributed by atoms with Crippen molar-refractivity contribution in [3.8, 4) is 0 Å². The first-order valence-electron chi connectivity index (χ1n) is 8.22. The van der Waals surface area contributed by atoms with Gasteiger partial charge in [0.05, 0.1) is 6.04 Å². The molecule has 1 aromatic rings. The van der Waals surface area contributed by atoms with Crippen LogP contribution in [0.25, 0.3) is 0 Å². The number of nitrogens with zero attached hydrogens (tertiary/aromatic N) is 1. The third-order valence-electron chi connectivity index (χ3n) is 4.23. The maximum absolute atomic E-state index is 13.7. The molecule has 0 radical (unpaired) electrons. The number of unbranched alkanes of at least 4 members (excludes halogenated alkanes) is 1. The van der Waals surface area contributed by atoms with Crippen molar-refractivity contribution in [2.75, 3.05) is 0 Å². The molecule has 2 rings (SSSR count). The zero-order chi connectivity index (χ0) is 19.5. The summed E-state index contributed by atoms with van der Waals surface area (Å²) in [5.41, 5.74) is -2.95. The van der Waals surface area contributed by atoms with E-state index in [1.165, 1.54) is 6.92 Å². The Bertz CT molecular complexity index is 693. The third-order valence-corrected chi connectivity index (χ3v) is 4.23. The molecule has 9 heteroatoms. The number of alkyl halides is 3. The summed E-state index contributed by atoms with van der Waals surface area (Å²) in [4.78, 5) is 37.2. The highest BCUT2D eigenvalue weighted by Crippen LogP contribution is 2.37. The lowest BCUT2D eigenvalue weighted by Crippen LogP contribution is -2.69. The van der Waals surface area contributed by atoms with Crippen LogP contribution >= 0.6 is 0 Å². The van der Waals surface area contributed by atoms with Crippen molar-refractivity contribution in [1.82, 2.24) is 15.5 Å². The molecule has 0 saturated carbocycles. The topological polar surface area (TPSA) is 78.5 Å². The summed E-state index contributed by atoms with van der Waals surface area (Å²) in [6.45, 7) is 3.22. The second-order valence-corrected chi connectivity index (χ2v) is 6.09. The molecule has 142 valence electrons. The summed E-state index contributed by atoms with van der Waals surface area (Å²) < 4.78 is 41.1. The van der Waals surface area contributed by atoms with E-state index >= 15 is 0 Å². The maximum atomic E-state index is 13.7. The number of carbonyl (C=O) groups is 3. The van der Waals surface area contributed by atoms with Crippen molar-refractivity contribution < 1.29 is 27.6 Å². The number of nitrogens with one attached hydrogen (secondary N) is 2. The van der Waals surface area contributed by atoms with Crippen LogP contribution in [0.5, 0.6) is 0 Å². The Balaban J connectivity index is 2.35. The fraction of sp³-hybridized carbons (Fsp3) is 0.471. The lowest BCUT2D eigenvalue weighted by molar-refractivity contribution is -0.204. The lowest BCUT2D eigenvalue weighted by atomic mass is 10.1. The van der Waals surface area contributed by atoms with Gasteiger partial charge in [0, 0.05) is 6.42 Å². The molecule has 1 fully saturated rings. The van der Waals surface area contributed by atoms with Gasteiger partial charge in [-0.3, -0.25) is 19.8 Å². The molecule has 0 aromatic heterocycles. The van der Waals surface area contributed by atoms with Gasteiger partial charge in [0.1, 0.15) is 0 Å². The number of hydrogen-bond donors (Lipinski definition) is 2. The molecule has 0 aliphatic carbocycles. The van der Waals surface area contributed by atoms with E-state index in [9.17, 15) is 27.6 Å². The van der Waals surface area contributed by atoms with Gasteiger partial charge in [-0.1, -0.05) is 43.7 Å². The molecule has 1 saturated heterocycles. The number of carbonyl (C=O) groups excluding carboxylic acids is 3. The van der Waals surface area contributed by atoms with Crippen molar-refractivity contribution >= 4 is 17.8 Å². The summed E-state index contributed by atoms with van der Waals surface area (Å²) in [5.74, 6) is -2.50. The van der Waals surface area contributed by atoms with E-state index in [4.69, 9.17) is 0 Å². The summed E-state index contributed by atoms with van der Waals surface area (Å²) in [6.07, 6.45) is -4.39. The number of imide groups is 1. The fourth-order valence-corrected chi connectivity index (χ4v) is 2.74.